The summed E-state index contributed by atoms with van der Waals surface area (Å²) < 4.78 is 21.1. The summed E-state index contributed by atoms with van der Waals surface area (Å²) in [6, 6.07) is 2.36. The van der Waals surface area contributed by atoms with Gasteiger partial charge in [0.25, 0.3) is 0 Å². The van der Waals surface area contributed by atoms with E-state index < -0.39 is 23.7 Å². The third-order valence-corrected chi connectivity index (χ3v) is 3.50. The maximum absolute atomic E-state index is 12.1. The quantitative estimate of drug-likeness (QED) is 0.819. The van der Waals surface area contributed by atoms with Crippen LogP contribution in [-0.4, -0.2) is 44.0 Å². The van der Waals surface area contributed by atoms with Crippen LogP contribution in [0.5, 0.6) is 11.5 Å². The summed E-state index contributed by atoms with van der Waals surface area (Å²) in [6.45, 7) is 6.02. The van der Waals surface area contributed by atoms with Crippen molar-refractivity contribution in [2.24, 2.45) is 0 Å². The number of alkyl carbamates (subject to hydrolysis) is 1. The fourth-order valence-corrected chi connectivity index (χ4v) is 2.58. The van der Waals surface area contributed by atoms with E-state index in [1.54, 1.807) is 32.9 Å². The molecule has 1 N–H and O–H groups in total. The second-order valence-electron chi connectivity index (χ2n) is 6.52. The van der Waals surface area contributed by atoms with Crippen LogP contribution in [0.25, 0.3) is 0 Å². The van der Waals surface area contributed by atoms with Gasteiger partial charge in [-0.05, 0) is 26.8 Å². The van der Waals surface area contributed by atoms with E-state index in [-0.39, 0.29) is 6.42 Å². The number of carbonyl (C=O) groups is 2. The van der Waals surface area contributed by atoms with Crippen LogP contribution < -0.4 is 14.8 Å². The molecule has 0 unspecified atom stereocenters. The minimum atomic E-state index is -0.951. The van der Waals surface area contributed by atoms with E-state index in [9.17, 15) is 9.59 Å². The molecule has 2 rings (SSSR count). The molecule has 0 bridgehead atoms. The summed E-state index contributed by atoms with van der Waals surface area (Å²) >= 11 is 6.11. The molecule has 1 aromatic rings. The van der Waals surface area contributed by atoms with Gasteiger partial charge in [0, 0.05) is 23.1 Å². The first-order chi connectivity index (χ1) is 11.7. The Morgan fingerprint density at radius 1 is 1.28 bits per heavy atom. The minimum Gasteiger partial charge on any atom is -0.486 e. The number of nitrogens with one attached hydrogen (secondary N) is 1. The van der Waals surface area contributed by atoms with Crippen molar-refractivity contribution in [2.45, 2.75) is 38.8 Å². The fourth-order valence-electron chi connectivity index (χ4n) is 2.35. The zero-order chi connectivity index (χ0) is 18.6. The predicted molar refractivity (Wildman–Crippen MR) is 91.3 cm³/mol. The molecule has 1 heterocycles. The average molecular weight is 372 g/mol. The van der Waals surface area contributed by atoms with Crippen LogP contribution >= 0.6 is 11.6 Å². The Balaban J connectivity index is 2.21. The first-order valence-corrected chi connectivity index (χ1v) is 8.23. The Labute approximate surface area is 151 Å². The molecule has 25 heavy (non-hydrogen) atoms. The van der Waals surface area contributed by atoms with Crippen LogP contribution in [0.3, 0.4) is 0 Å². The van der Waals surface area contributed by atoms with Crippen LogP contribution in [0.1, 0.15) is 26.3 Å². The second-order valence-corrected chi connectivity index (χ2v) is 6.95. The van der Waals surface area contributed by atoms with Crippen molar-refractivity contribution in [2.75, 3.05) is 20.3 Å². The van der Waals surface area contributed by atoms with Crippen molar-refractivity contribution in [1.29, 1.82) is 0 Å². The molecule has 7 nitrogen and oxygen atoms in total. The van der Waals surface area contributed by atoms with Crippen molar-refractivity contribution in [3.8, 4) is 11.5 Å². The van der Waals surface area contributed by atoms with E-state index in [0.717, 1.165) is 0 Å². The van der Waals surface area contributed by atoms with Gasteiger partial charge >= 0.3 is 12.1 Å². The Kier molecular flexibility index (Phi) is 6.00. The zero-order valence-electron chi connectivity index (χ0n) is 14.7. The largest absolute Gasteiger partial charge is 0.486 e. The lowest BCUT2D eigenvalue weighted by atomic mass is 10.0. The normalized spacial score (nSPS) is 14.4. The molecule has 0 radical (unpaired) electrons. The van der Waals surface area contributed by atoms with Gasteiger partial charge in [0.05, 0.1) is 7.11 Å². The van der Waals surface area contributed by atoms with Gasteiger partial charge in [0.15, 0.2) is 11.5 Å². The van der Waals surface area contributed by atoms with Crippen LogP contribution in [0.2, 0.25) is 5.02 Å². The first-order valence-electron chi connectivity index (χ1n) is 7.85. The van der Waals surface area contributed by atoms with Crippen LogP contribution in [0.4, 0.5) is 4.79 Å². The summed E-state index contributed by atoms with van der Waals surface area (Å²) in [6.07, 6.45) is -0.589. The van der Waals surface area contributed by atoms with E-state index in [4.69, 9.17) is 30.5 Å². The molecular weight excluding hydrogens is 350 g/mol. The predicted octanol–water partition coefficient (Wildman–Crippen LogP) is 2.72. The average Bonchev–Trinajstić information content (AvgIpc) is 2.51. The van der Waals surface area contributed by atoms with Gasteiger partial charge < -0.3 is 24.3 Å². The van der Waals surface area contributed by atoms with E-state index in [2.05, 4.69) is 5.32 Å². The number of halogens is 1. The van der Waals surface area contributed by atoms with Gasteiger partial charge in [-0.15, -0.1) is 0 Å². The lowest BCUT2D eigenvalue weighted by molar-refractivity contribution is -0.143. The highest BCUT2D eigenvalue weighted by Gasteiger charge is 2.28. The molecule has 0 aliphatic carbocycles. The molecule has 0 saturated heterocycles. The highest BCUT2D eigenvalue weighted by molar-refractivity contribution is 6.30. The molecule has 1 aromatic carbocycles. The summed E-state index contributed by atoms with van der Waals surface area (Å²) in [7, 11) is 1.25. The van der Waals surface area contributed by atoms with E-state index in [0.29, 0.717) is 35.3 Å². The molecule has 1 aliphatic rings. The standard InChI is InChI=1S/C17H22ClNO6/c1-17(2,3)25-16(21)19-12(15(20)22-4)8-10-7-11(18)9-13-14(10)24-6-5-23-13/h7,9,12H,5-6,8H2,1-4H3,(H,19,21)/t12-/m0/s1. The van der Waals surface area contributed by atoms with Crippen molar-refractivity contribution in [3.63, 3.8) is 0 Å². The van der Waals surface area contributed by atoms with Crippen molar-refractivity contribution >= 4 is 23.7 Å². The number of benzene rings is 1. The highest BCUT2D eigenvalue weighted by Crippen LogP contribution is 2.37. The number of carbonyl (C=O) groups excluding carboxylic acids is 2. The molecule has 0 spiro atoms. The van der Waals surface area contributed by atoms with Crippen LogP contribution in [0, 0.1) is 0 Å². The summed E-state index contributed by atoms with van der Waals surface area (Å²) in [5.41, 5.74) is -0.0506. The van der Waals surface area contributed by atoms with Gasteiger partial charge in [-0.2, -0.15) is 0 Å². The highest BCUT2D eigenvalue weighted by atomic mass is 35.5. The lowest BCUT2D eigenvalue weighted by Gasteiger charge is -2.25. The molecule has 0 fully saturated rings. The molecule has 0 aromatic heterocycles. The number of methoxy groups -OCH3 is 1. The maximum Gasteiger partial charge on any atom is 0.408 e. The number of fused-ring (bicyclic) bond motifs is 1. The molecule has 1 amide bonds. The zero-order valence-corrected chi connectivity index (χ0v) is 15.4. The molecule has 1 atom stereocenters. The van der Waals surface area contributed by atoms with Gasteiger partial charge in [-0.1, -0.05) is 11.6 Å². The minimum absolute atomic E-state index is 0.123. The topological polar surface area (TPSA) is 83.1 Å². The van der Waals surface area contributed by atoms with E-state index in [1.165, 1.54) is 7.11 Å². The summed E-state index contributed by atoms with van der Waals surface area (Å²) in [5.74, 6) is 0.418. The Hall–Kier alpha value is -2.15. The Morgan fingerprint density at radius 2 is 1.96 bits per heavy atom. The van der Waals surface area contributed by atoms with E-state index >= 15 is 0 Å². The van der Waals surface area contributed by atoms with Gasteiger partial charge in [0.2, 0.25) is 0 Å². The van der Waals surface area contributed by atoms with E-state index in [1.807, 2.05) is 0 Å². The number of hydrogen-bond acceptors (Lipinski definition) is 6. The maximum atomic E-state index is 12.1. The fraction of sp³-hybridized carbons (Fsp3) is 0.529. The molecular formula is C17H22ClNO6. The van der Waals surface area contributed by atoms with Crippen LogP contribution in [0.15, 0.2) is 12.1 Å². The molecule has 0 saturated carbocycles. The second kappa shape index (κ2) is 7.82. The monoisotopic (exact) mass is 371 g/mol. The molecule has 8 heteroatoms. The molecule has 1 aliphatic heterocycles. The summed E-state index contributed by atoms with van der Waals surface area (Å²) in [5, 5.41) is 2.97. The number of amides is 1. The third-order valence-electron chi connectivity index (χ3n) is 3.28. The number of ether oxygens (including phenoxy) is 4. The summed E-state index contributed by atoms with van der Waals surface area (Å²) in [4.78, 5) is 24.1. The van der Waals surface area contributed by atoms with Gasteiger partial charge in [-0.3, -0.25) is 0 Å². The van der Waals surface area contributed by atoms with Crippen LogP contribution in [-0.2, 0) is 20.7 Å². The Morgan fingerprint density at radius 3 is 2.60 bits per heavy atom. The van der Waals surface area contributed by atoms with Crippen molar-refractivity contribution in [1.82, 2.24) is 5.32 Å². The number of esters is 1. The van der Waals surface area contributed by atoms with Crippen molar-refractivity contribution < 1.29 is 28.5 Å². The smallest absolute Gasteiger partial charge is 0.408 e. The lowest BCUT2D eigenvalue weighted by Crippen LogP contribution is -2.45. The van der Waals surface area contributed by atoms with Gasteiger partial charge in [0.1, 0.15) is 24.9 Å². The molecule has 138 valence electrons. The number of rotatable bonds is 4. The Bertz CT molecular complexity index is 655. The first kappa shape index (κ1) is 19.2. The van der Waals surface area contributed by atoms with Gasteiger partial charge in [-0.25, -0.2) is 9.59 Å². The van der Waals surface area contributed by atoms with Crippen molar-refractivity contribution in [3.05, 3.63) is 22.7 Å². The third kappa shape index (κ3) is 5.42. The SMILES string of the molecule is COC(=O)[C@H](Cc1cc(Cl)cc2c1OCCO2)NC(=O)OC(C)(C)C. The number of hydrogen-bond donors (Lipinski definition) is 1.